The summed E-state index contributed by atoms with van der Waals surface area (Å²) in [7, 11) is 0. The van der Waals surface area contributed by atoms with Crippen LogP contribution in [0, 0.1) is 6.92 Å². The minimum atomic E-state index is -0.578. The van der Waals surface area contributed by atoms with Crippen molar-refractivity contribution < 1.29 is 5.11 Å². The van der Waals surface area contributed by atoms with Gasteiger partial charge in [-0.3, -0.25) is 0 Å². The molecule has 0 fully saturated rings. The molecule has 11 heavy (non-hydrogen) atoms. The first-order valence-electron chi connectivity index (χ1n) is 3.73. The first-order chi connectivity index (χ1) is 4.99. The van der Waals surface area contributed by atoms with Gasteiger partial charge < -0.3 is 5.11 Å². The second kappa shape index (κ2) is 2.95. The maximum absolute atomic E-state index is 9.52. The Bertz CT molecular complexity index is 232. The molecule has 2 heteroatoms. The average molecular weight is 170 g/mol. The third-order valence-electron chi connectivity index (χ3n) is 1.58. The zero-order valence-corrected chi connectivity index (χ0v) is 8.03. The van der Waals surface area contributed by atoms with Gasteiger partial charge in [0.15, 0.2) is 0 Å². The Balaban J connectivity index is 2.72. The lowest BCUT2D eigenvalue weighted by molar-refractivity contribution is 0.0809. The van der Waals surface area contributed by atoms with Crippen molar-refractivity contribution in [3.8, 4) is 0 Å². The van der Waals surface area contributed by atoms with Gasteiger partial charge in [0.2, 0.25) is 0 Å². The largest absolute Gasteiger partial charge is 0.390 e. The third kappa shape index (κ3) is 2.64. The smallest absolute Gasteiger partial charge is 0.0632 e. The highest BCUT2D eigenvalue weighted by Crippen LogP contribution is 2.19. The summed E-state index contributed by atoms with van der Waals surface area (Å²) in [6.45, 7) is 5.76. The molecule has 1 aromatic rings. The van der Waals surface area contributed by atoms with E-state index in [0.29, 0.717) is 0 Å². The van der Waals surface area contributed by atoms with Crippen LogP contribution in [0.25, 0.3) is 0 Å². The van der Waals surface area contributed by atoms with Gasteiger partial charge in [0, 0.05) is 6.42 Å². The van der Waals surface area contributed by atoms with Gasteiger partial charge in [-0.2, -0.15) is 11.3 Å². The van der Waals surface area contributed by atoms with Gasteiger partial charge in [-0.25, -0.2) is 0 Å². The zero-order valence-electron chi connectivity index (χ0n) is 7.22. The molecule has 0 aliphatic carbocycles. The van der Waals surface area contributed by atoms with Gasteiger partial charge in [0.25, 0.3) is 0 Å². The predicted molar refractivity (Wildman–Crippen MR) is 49.1 cm³/mol. The van der Waals surface area contributed by atoms with Gasteiger partial charge in [-0.1, -0.05) is 0 Å². The van der Waals surface area contributed by atoms with Crippen LogP contribution in [-0.4, -0.2) is 10.7 Å². The van der Waals surface area contributed by atoms with E-state index >= 15 is 0 Å². The van der Waals surface area contributed by atoms with Crippen LogP contribution in [0.5, 0.6) is 0 Å². The summed E-state index contributed by atoms with van der Waals surface area (Å²) in [5.74, 6) is 0. The molecule has 1 rings (SSSR count). The molecule has 0 spiro atoms. The number of aliphatic hydroxyl groups is 1. The van der Waals surface area contributed by atoms with Crippen molar-refractivity contribution in [2.24, 2.45) is 0 Å². The van der Waals surface area contributed by atoms with Crippen LogP contribution < -0.4 is 0 Å². The molecule has 1 nitrogen and oxygen atoms in total. The van der Waals surface area contributed by atoms with Crippen molar-refractivity contribution in [3.05, 3.63) is 21.9 Å². The van der Waals surface area contributed by atoms with E-state index in [1.807, 2.05) is 13.8 Å². The minimum absolute atomic E-state index is 0.578. The molecule has 0 radical (unpaired) electrons. The predicted octanol–water partition coefficient (Wildman–Crippen LogP) is 2.37. The molecule has 0 amide bonds. The molecule has 0 atom stereocenters. The lowest BCUT2D eigenvalue weighted by atomic mass is 9.99. The van der Waals surface area contributed by atoms with E-state index < -0.39 is 5.60 Å². The molecular formula is C9H14OS. The van der Waals surface area contributed by atoms with Crippen molar-refractivity contribution in [1.29, 1.82) is 0 Å². The van der Waals surface area contributed by atoms with E-state index in [1.54, 1.807) is 11.3 Å². The minimum Gasteiger partial charge on any atom is -0.390 e. The zero-order chi connectivity index (χ0) is 8.48. The molecular weight excluding hydrogens is 156 g/mol. The second-order valence-corrected chi connectivity index (χ2v) is 4.31. The summed E-state index contributed by atoms with van der Waals surface area (Å²) in [4.78, 5) is 0. The summed E-state index contributed by atoms with van der Waals surface area (Å²) in [5, 5.41) is 13.7. The topological polar surface area (TPSA) is 20.2 Å². The lowest BCUT2D eigenvalue weighted by Gasteiger charge is -2.16. The Morgan fingerprint density at radius 2 is 2.09 bits per heavy atom. The Kier molecular flexibility index (Phi) is 2.35. The summed E-state index contributed by atoms with van der Waals surface area (Å²) in [6.07, 6.45) is 0.752. The highest BCUT2D eigenvalue weighted by atomic mass is 32.1. The average Bonchev–Trinajstić information content (AvgIpc) is 2.12. The first kappa shape index (κ1) is 8.75. The normalized spacial score (nSPS) is 12.0. The van der Waals surface area contributed by atoms with Crippen LogP contribution in [0.2, 0.25) is 0 Å². The molecule has 0 aromatic carbocycles. The van der Waals surface area contributed by atoms with Crippen molar-refractivity contribution in [3.63, 3.8) is 0 Å². The summed E-state index contributed by atoms with van der Waals surface area (Å²) in [5.41, 5.74) is 1.98. The molecule has 1 heterocycles. The molecule has 0 saturated heterocycles. The van der Waals surface area contributed by atoms with E-state index in [-0.39, 0.29) is 0 Å². The molecule has 1 N–H and O–H groups in total. The van der Waals surface area contributed by atoms with Gasteiger partial charge >= 0.3 is 0 Å². The Morgan fingerprint density at radius 1 is 1.45 bits per heavy atom. The maximum atomic E-state index is 9.52. The van der Waals surface area contributed by atoms with Crippen molar-refractivity contribution >= 4 is 11.3 Å². The molecule has 0 unspecified atom stereocenters. The van der Waals surface area contributed by atoms with Gasteiger partial charge in [-0.05, 0) is 42.7 Å². The fraction of sp³-hybridized carbons (Fsp3) is 0.556. The summed E-state index contributed by atoms with van der Waals surface area (Å²) < 4.78 is 0. The highest BCUT2D eigenvalue weighted by Gasteiger charge is 2.14. The third-order valence-corrected chi connectivity index (χ3v) is 2.49. The van der Waals surface area contributed by atoms with Gasteiger partial charge in [0.1, 0.15) is 0 Å². The number of hydrogen-bond donors (Lipinski definition) is 1. The van der Waals surface area contributed by atoms with Crippen molar-refractivity contribution in [2.75, 3.05) is 0 Å². The van der Waals surface area contributed by atoms with Crippen LogP contribution in [0.3, 0.4) is 0 Å². The van der Waals surface area contributed by atoms with E-state index in [0.717, 1.165) is 6.42 Å². The molecule has 0 saturated carbocycles. The molecule has 0 bridgehead atoms. The monoisotopic (exact) mass is 170 g/mol. The Labute approximate surface area is 71.7 Å². The van der Waals surface area contributed by atoms with Crippen LogP contribution in [0.15, 0.2) is 10.8 Å². The van der Waals surface area contributed by atoms with Crippen molar-refractivity contribution in [2.45, 2.75) is 32.8 Å². The van der Waals surface area contributed by atoms with E-state index in [9.17, 15) is 5.11 Å². The van der Waals surface area contributed by atoms with Crippen molar-refractivity contribution in [1.82, 2.24) is 0 Å². The SMILES string of the molecule is Cc1cscc1CC(C)(C)O. The van der Waals surface area contributed by atoms with E-state index in [1.165, 1.54) is 11.1 Å². The fourth-order valence-electron chi connectivity index (χ4n) is 1.03. The maximum Gasteiger partial charge on any atom is 0.0632 e. The molecule has 0 aliphatic rings. The number of thiophene rings is 1. The van der Waals surface area contributed by atoms with Crippen LogP contribution in [0.4, 0.5) is 0 Å². The van der Waals surface area contributed by atoms with Crippen LogP contribution >= 0.6 is 11.3 Å². The number of hydrogen-bond acceptors (Lipinski definition) is 2. The lowest BCUT2D eigenvalue weighted by Crippen LogP contribution is -2.21. The quantitative estimate of drug-likeness (QED) is 0.722. The number of rotatable bonds is 2. The van der Waals surface area contributed by atoms with Crippen LogP contribution in [0.1, 0.15) is 25.0 Å². The van der Waals surface area contributed by atoms with Crippen LogP contribution in [-0.2, 0) is 6.42 Å². The second-order valence-electron chi connectivity index (χ2n) is 3.57. The van der Waals surface area contributed by atoms with E-state index in [4.69, 9.17) is 0 Å². The van der Waals surface area contributed by atoms with Gasteiger partial charge in [0.05, 0.1) is 5.60 Å². The molecule has 1 aromatic heterocycles. The summed E-state index contributed by atoms with van der Waals surface area (Å²) >= 11 is 1.70. The van der Waals surface area contributed by atoms with Gasteiger partial charge in [-0.15, -0.1) is 0 Å². The highest BCUT2D eigenvalue weighted by molar-refractivity contribution is 7.08. The molecule has 62 valence electrons. The van der Waals surface area contributed by atoms with E-state index in [2.05, 4.69) is 17.7 Å². The molecule has 0 aliphatic heterocycles. The summed E-state index contributed by atoms with van der Waals surface area (Å²) in [6, 6.07) is 0. The first-order valence-corrected chi connectivity index (χ1v) is 4.67. The fourth-order valence-corrected chi connectivity index (χ4v) is 1.89. The number of aryl methyl sites for hydroxylation is 1. The Hall–Kier alpha value is -0.340. The Morgan fingerprint density at radius 3 is 2.45 bits per heavy atom. The standard InChI is InChI=1S/C9H14OS/c1-7-5-11-6-8(7)4-9(2,3)10/h5-6,10H,4H2,1-3H3.